The number of carbonyl (C=O) groups is 1. The number of carbonyl (C=O) groups excluding carboxylic acids is 1. The fourth-order valence-electron chi connectivity index (χ4n) is 1.08. The van der Waals surface area contributed by atoms with Crippen LogP contribution in [0, 0.1) is 0 Å². The molecule has 0 fully saturated rings. The van der Waals surface area contributed by atoms with Gasteiger partial charge in [0, 0.05) is 17.3 Å². The lowest BCUT2D eigenvalue weighted by atomic mass is 10.2. The molecule has 0 heterocycles. The highest BCUT2D eigenvalue weighted by Gasteiger charge is 2.63. The van der Waals surface area contributed by atoms with Crippen LogP contribution in [-0.4, -0.2) is 25.0 Å². The van der Waals surface area contributed by atoms with Crippen molar-refractivity contribution >= 4 is 27.5 Å². The van der Waals surface area contributed by atoms with E-state index in [9.17, 15) is 22.4 Å². The summed E-state index contributed by atoms with van der Waals surface area (Å²) in [6.45, 7) is 0. The summed E-state index contributed by atoms with van der Waals surface area (Å²) >= 11 is 3.11. The molecule has 1 unspecified atom stereocenters. The lowest BCUT2D eigenvalue weighted by molar-refractivity contribution is -0.305. The highest BCUT2D eigenvalue weighted by atomic mass is 79.9. The van der Waals surface area contributed by atoms with E-state index in [4.69, 9.17) is 0 Å². The first kappa shape index (κ1) is 14.9. The molecule has 3 nitrogen and oxygen atoms in total. The predicted octanol–water partition coefficient (Wildman–Crippen LogP) is 3.26. The van der Waals surface area contributed by atoms with Gasteiger partial charge in [-0.05, 0) is 24.3 Å². The Hall–Kier alpha value is -1.15. The molecule has 0 saturated carbocycles. The summed E-state index contributed by atoms with van der Waals surface area (Å²) in [7, 11) is 0.467. The number of methoxy groups -OCH3 is 1. The van der Waals surface area contributed by atoms with E-state index in [0.29, 0.717) is 11.6 Å². The maximum Gasteiger partial charge on any atom is 0.458 e. The minimum atomic E-state index is -5.46. The molecule has 0 saturated heterocycles. The van der Waals surface area contributed by atoms with E-state index < -0.39 is 17.9 Å². The van der Waals surface area contributed by atoms with Gasteiger partial charge in [0.25, 0.3) is 5.91 Å². The van der Waals surface area contributed by atoms with Crippen LogP contribution < -0.4 is 5.32 Å². The number of hydrogen-bond donors (Lipinski definition) is 1. The summed E-state index contributed by atoms with van der Waals surface area (Å²) in [4.78, 5) is 11.3. The molecule has 1 rings (SSSR count). The lowest BCUT2D eigenvalue weighted by Crippen LogP contribution is -2.52. The van der Waals surface area contributed by atoms with Crippen LogP contribution in [0.5, 0.6) is 0 Å². The number of rotatable bonds is 3. The molecule has 18 heavy (non-hydrogen) atoms. The first-order valence-electron chi connectivity index (χ1n) is 4.58. The number of benzene rings is 1. The molecule has 1 aromatic carbocycles. The fraction of sp³-hybridized carbons (Fsp3) is 0.300. The van der Waals surface area contributed by atoms with Crippen molar-refractivity contribution in [3.05, 3.63) is 28.7 Å². The van der Waals surface area contributed by atoms with Crippen LogP contribution in [0.25, 0.3) is 0 Å². The monoisotopic (exact) mass is 329 g/mol. The van der Waals surface area contributed by atoms with E-state index in [0.717, 1.165) is 0 Å². The van der Waals surface area contributed by atoms with Gasteiger partial charge in [0.2, 0.25) is 0 Å². The molecule has 0 aliphatic rings. The maximum absolute atomic E-state index is 13.4. The second kappa shape index (κ2) is 5.23. The molecule has 100 valence electrons. The first-order chi connectivity index (χ1) is 8.20. The molecule has 1 N–H and O–H groups in total. The summed E-state index contributed by atoms with van der Waals surface area (Å²) in [5, 5.41) is 1.79. The van der Waals surface area contributed by atoms with Crippen LogP contribution in [0.2, 0.25) is 0 Å². The molecule has 0 radical (unpaired) electrons. The van der Waals surface area contributed by atoms with Gasteiger partial charge in [-0.15, -0.1) is 0 Å². The highest BCUT2D eigenvalue weighted by Crippen LogP contribution is 2.35. The highest BCUT2D eigenvalue weighted by molar-refractivity contribution is 9.10. The molecule has 1 atom stereocenters. The van der Waals surface area contributed by atoms with Gasteiger partial charge in [0.1, 0.15) is 0 Å². The van der Waals surface area contributed by atoms with Crippen molar-refractivity contribution in [2.75, 3.05) is 12.4 Å². The molecule has 8 heteroatoms. The van der Waals surface area contributed by atoms with Crippen LogP contribution in [0.3, 0.4) is 0 Å². The Bertz CT molecular complexity index is 434. The number of hydrogen-bond acceptors (Lipinski definition) is 2. The summed E-state index contributed by atoms with van der Waals surface area (Å²) < 4.78 is 54.8. The summed E-state index contributed by atoms with van der Waals surface area (Å²) in [5.74, 6) is -6.31. The average Bonchev–Trinajstić information content (AvgIpc) is 2.29. The van der Waals surface area contributed by atoms with E-state index in [1.54, 1.807) is 5.32 Å². The zero-order valence-electron chi connectivity index (χ0n) is 9.02. The van der Waals surface area contributed by atoms with Gasteiger partial charge in [0.05, 0.1) is 0 Å². The number of alkyl halides is 4. The Labute approximate surface area is 108 Å². The van der Waals surface area contributed by atoms with Gasteiger partial charge in [-0.2, -0.15) is 17.6 Å². The minimum absolute atomic E-state index is 0.0199. The predicted molar refractivity (Wildman–Crippen MR) is 59.7 cm³/mol. The van der Waals surface area contributed by atoms with Crippen molar-refractivity contribution in [3.8, 4) is 0 Å². The molecule has 0 spiro atoms. The van der Waals surface area contributed by atoms with Crippen molar-refractivity contribution in [1.29, 1.82) is 0 Å². The summed E-state index contributed by atoms with van der Waals surface area (Å²) in [6.07, 6.45) is -5.46. The van der Waals surface area contributed by atoms with Gasteiger partial charge >= 0.3 is 12.0 Å². The van der Waals surface area contributed by atoms with Gasteiger partial charge in [-0.3, -0.25) is 4.79 Å². The standard InChI is InChI=1S/C10H8BrF4NO2/c1-18-9(12,10(13,14)15)8(17)16-7-4-2-6(11)3-5-7/h2-5H,1H3,(H,16,17). The smallest absolute Gasteiger partial charge is 0.335 e. The number of ether oxygens (including phenoxy) is 1. The number of nitrogens with one attached hydrogen (secondary N) is 1. The van der Waals surface area contributed by atoms with E-state index >= 15 is 0 Å². The van der Waals surface area contributed by atoms with Gasteiger partial charge < -0.3 is 10.1 Å². The maximum atomic E-state index is 13.4. The SMILES string of the molecule is COC(F)(C(=O)Nc1ccc(Br)cc1)C(F)(F)F. The lowest BCUT2D eigenvalue weighted by Gasteiger charge is -2.24. The van der Waals surface area contributed by atoms with Crippen molar-refractivity contribution in [1.82, 2.24) is 0 Å². The Morgan fingerprint density at radius 1 is 1.22 bits per heavy atom. The molecular formula is C10H8BrF4NO2. The van der Waals surface area contributed by atoms with Crippen LogP contribution in [-0.2, 0) is 9.53 Å². The Kier molecular flexibility index (Phi) is 4.33. The van der Waals surface area contributed by atoms with Crippen LogP contribution in [0.4, 0.5) is 23.2 Å². The second-order valence-corrected chi connectivity index (χ2v) is 4.17. The van der Waals surface area contributed by atoms with Gasteiger partial charge in [-0.25, -0.2) is 0 Å². The molecule has 0 aliphatic carbocycles. The Morgan fingerprint density at radius 2 is 1.72 bits per heavy atom. The Morgan fingerprint density at radius 3 is 2.11 bits per heavy atom. The summed E-state index contributed by atoms with van der Waals surface area (Å²) in [5.41, 5.74) is 0.0199. The third-order valence-corrected chi connectivity index (χ3v) is 2.57. The van der Waals surface area contributed by atoms with E-state index in [2.05, 4.69) is 20.7 Å². The molecule has 0 aliphatic heterocycles. The molecule has 0 aromatic heterocycles. The third kappa shape index (κ3) is 2.99. The number of halogens is 5. The van der Waals surface area contributed by atoms with Crippen molar-refractivity contribution in [2.45, 2.75) is 12.0 Å². The van der Waals surface area contributed by atoms with Gasteiger partial charge in [-0.1, -0.05) is 15.9 Å². The van der Waals surface area contributed by atoms with E-state index in [1.807, 2.05) is 0 Å². The molecule has 1 amide bonds. The average molecular weight is 330 g/mol. The van der Waals surface area contributed by atoms with Crippen LogP contribution >= 0.6 is 15.9 Å². The first-order valence-corrected chi connectivity index (χ1v) is 5.38. The zero-order chi connectivity index (χ0) is 14.0. The van der Waals surface area contributed by atoms with Crippen LogP contribution in [0.1, 0.15) is 0 Å². The number of amides is 1. The normalized spacial score (nSPS) is 15.0. The second-order valence-electron chi connectivity index (χ2n) is 3.26. The third-order valence-electron chi connectivity index (χ3n) is 2.04. The van der Waals surface area contributed by atoms with E-state index in [1.165, 1.54) is 24.3 Å². The molecule has 0 bridgehead atoms. The topological polar surface area (TPSA) is 38.3 Å². The largest absolute Gasteiger partial charge is 0.458 e. The molecular weight excluding hydrogens is 322 g/mol. The fourth-order valence-corrected chi connectivity index (χ4v) is 1.35. The Balaban J connectivity index is 2.90. The summed E-state index contributed by atoms with van der Waals surface area (Å²) in [6, 6.07) is 5.59. The zero-order valence-corrected chi connectivity index (χ0v) is 10.6. The number of anilines is 1. The van der Waals surface area contributed by atoms with Crippen molar-refractivity contribution in [2.24, 2.45) is 0 Å². The van der Waals surface area contributed by atoms with Gasteiger partial charge in [0.15, 0.2) is 0 Å². The minimum Gasteiger partial charge on any atom is -0.335 e. The van der Waals surface area contributed by atoms with Crippen LogP contribution in [0.15, 0.2) is 28.7 Å². The van der Waals surface area contributed by atoms with E-state index in [-0.39, 0.29) is 5.69 Å². The van der Waals surface area contributed by atoms with Crippen molar-refractivity contribution in [3.63, 3.8) is 0 Å². The van der Waals surface area contributed by atoms with Crippen molar-refractivity contribution < 1.29 is 27.1 Å². The quantitative estimate of drug-likeness (QED) is 0.864. The molecule has 1 aromatic rings.